The minimum atomic E-state index is 0.996. The Morgan fingerprint density at radius 1 is 1.33 bits per heavy atom. The number of pyridine rings is 1. The summed E-state index contributed by atoms with van der Waals surface area (Å²) < 4.78 is 0. The van der Waals surface area contributed by atoms with Crippen LogP contribution in [0, 0.1) is 0 Å². The molecule has 1 aliphatic heterocycles. The van der Waals surface area contributed by atoms with E-state index in [1.54, 1.807) is 0 Å². The van der Waals surface area contributed by atoms with Gasteiger partial charge in [-0.05, 0) is 31.4 Å². The highest BCUT2D eigenvalue weighted by Crippen LogP contribution is 2.19. The fourth-order valence-electron chi connectivity index (χ4n) is 1.90. The summed E-state index contributed by atoms with van der Waals surface area (Å²) in [6.07, 6.45) is 3.73. The fraction of sp³-hybridized carbons (Fsp3) is 0.583. The van der Waals surface area contributed by atoms with Crippen molar-refractivity contribution < 1.29 is 0 Å². The van der Waals surface area contributed by atoms with Gasteiger partial charge in [0.25, 0.3) is 0 Å². The van der Waals surface area contributed by atoms with Crippen LogP contribution in [0.15, 0.2) is 18.2 Å². The monoisotopic (exact) mass is 205 g/mol. The zero-order chi connectivity index (χ0) is 10.5. The Balaban J connectivity index is 2.04. The number of nitrogens with zero attached hydrogens (tertiary/aromatic N) is 2. The van der Waals surface area contributed by atoms with Gasteiger partial charge in [0, 0.05) is 19.6 Å². The Hall–Kier alpha value is -1.25. The van der Waals surface area contributed by atoms with E-state index in [9.17, 15) is 0 Å². The van der Waals surface area contributed by atoms with Crippen molar-refractivity contribution in [2.75, 3.05) is 29.9 Å². The van der Waals surface area contributed by atoms with Gasteiger partial charge in [0.1, 0.15) is 11.6 Å². The topological polar surface area (TPSA) is 28.2 Å². The molecule has 1 N–H and O–H groups in total. The molecule has 0 saturated carbocycles. The zero-order valence-electron chi connectivity index (χ0n) is 9.37. The van der Waals surface area contributed by atoms with E-state index in [1.165, 1.54) is 12.8 Å². The summed E-state index contributed by atoms with van der Waals surface area (Å²) in [6.45, 7) is 5.47. The number of aromatic nitrogens is 1. The number of anilines is 2. The second-order valence-corrected chi connectivity index (χ2v) is 4.00. The highest BCUT2D eigenvalue weighted by Gasteiger charge is 2.13. The SMILES string of the molecule is CCCNc1cccc(N2CCCC2)n1. The third-order valence-corrected chi connectivity index (χ3v) is 2.72. The van der Waals surface area contributed by atoms with Gasteiger partial charge < -0.3 is 10.2 Å². The lowest BCUT2D eigenvalue weighted by molar-refractivity contribution is 0.927. The molecule has 0 unspecified atom stereocenters. The predicted octanol–water partition coefficient (Wildman–Crippen LogP) is 2.50. The van der Waals surface area contributed by atoms with E-state index in [1.807, 2.05) is 6.07 Å². The maximum absolute atomic E-state index is 4.61. The van der Waals surface area contributed by atoms with E-state index >= 15 is 0 Å². The lowest BCUT2D eigenvalue weighted by atomic mass is 10.4. The molecule has 0 radical (unpaired) electrons. The van der Waals surface area contributed by atoms with Crippen LogP contribution in [0.5, 0.6) is 0 Å². The molecular formula is C12H19N3. The molecule has 0 aliphatic carbocycles. The molecule has 0 spiro atoms. The van der Waals surface area contributed by atoms with Gasteiger partial charge in [0.15, 0.2) is 0 Å². The van der Waals surface area contributed by atoms with E-state index in [4.69, 9.17) is 0 Å². The Morgan fingerprint density at radius 3 is 2.87 bits per heavy atom. The van der Waals surface area contributed by atoms with Gasteiger partial charge in [-0.25, -0.2) is 4.98 Å². The van der Waals surface area contributed by atoms with Gasteiger partial charge in [-0.3, -0.25) is 0 Å². The molecule has 3 heteroatoms. The van der Waals surface area contributed by atoms with Crippen LogP contribution in [0.4, 0.5) is 11.6 Å². The molecule has 2 heterocycles. The summed E-state index contributed by atoms with van der Waals surface area (Å²) in [5.41, 5.74) is 0. The molecule has 1 saturated heterocycles. The minimum absolute atomic E-state index is 0.996. The van der Waals surface area contributed by atoms with Crippen molar-refractivity contribution in [1.29, 1.82) is 0 Å². The van der Waals surface area contributed by atoms with Crippen LogP contribution >= 0.6 is 0 Å². The Labute approximate surface area is 91.5 Å². The minimum Gasteiger partial charge on any atom is -0.370 e. The smallest absolute Gasteiger partial charge is 0.130 e. The average molecular weight is 205 g/mol. The Morgan fingerprint density at radius 2 is 2.13 bits per heavy atom. The molecule has 0 atom stereocenters. The molecule has 1 aromatic heterocycles. The third kappa shape index (κ3) is 2.61. The largest absolute Gasteiger partial charge is 0.370 e. The summed E-state index contributed by atoms with van der Waals surface area (Å²) >= 11 is 0. The van der Waals surface area contributed by atoms with Crippen molar-refractivity contribution in [2.24, 2.45) is 0 Å². The highest BCUT2D eigenvalue weighted by molar-refractivity contribution is 5.47. The van der Waals surface area contributed by atoms with Crippen molar-refractivity contribution in [1.82, 2.24) is 4.98 Å². The molecule has 3 nitrogen and oxygen atoms in total. The third-order valence-electron chi connectivity index (χ3n) is 2.72. The van der Waals surface area contributed by atoms with Crippen LogP contribution in [-0.4, -0.2) is 24.6 Å². The molecule has 0 bridgehead atoms. The standard InChI is InChI=1S/C12H19N3/c1-2-8-13-11-6-5-7-12(14-11)15-9-3-4-10-15/h5-7H,2-4,8-10H2,1H3,(H,13,14). The highest BCUT2D eigenvalue weighted by atomic mass is 15.2. The van der Waals surface area contributed by atoms with Gasteiger partial charge in [-0.1, -0.05) is 13.0 Å². The van der Waals surface area contributed by atoms with Crippen LogP contribution in [0.2, 0.25) is 0 Å². The first-order valence-electron chi connectivity index (χ1n) is 5.86. The van der Waals surface area contributed by atoms with Crippen LogP contribution < -0.4 is 10.2 Å². The Kier molecular flexibility index (Phi) is 3.43. The van der Waals surface area contributed by atoms with Crippen molar-refractivity contribution in [3.05, 3.63) is 18.2 Å². The van der Waals surface area contributed by atoms with Gasteiger partial charge in [0.05, 0.1) is 0 Å². The van der Waals surface area contributed by atoms with Crippen molar-refractivity contribution in [2.45, 2.75) is 26.2 Å². The molecule has 2 rings (SSSR count). The van der Waals surface area contributed by atoms with E-state index in [0.717, 1.165) is 37.7 Å². The lowest BCUT2D eigenvalue weighted by Crippen LogP contribution is -2.19. The molecule has 0 amide bonds. The van der Waals surface area contributed by atoms with Gasteiger partial charge in [0.2, 0.25) is 0 Å². The number of nitrogens with one attached hydrogen (secondary N) is 1. The number of hydrogen-bond donors (Lipinski definition) is 1. The molecule has 1 aliphatic rings. The summed E-state index contributed by atoms with van der Waals surface area (Å²) in [4.78, 5) is 6.97. The first-order chi connectivity index (χ1) is 7.40. The van der Waals surface area contributed by atoms with Gasteiger partial charge in [-0.2, -0.15) is 0 Å². The number of rotatable bonds is 4. The van der Waals surface area contributed by atoms with Crippen LogP contribution in [0.25, 0.3) is 0 Å². The van der Waals surface area contributed by atoms with E-state index in [0.29, 0.717) is 0 Å². The van der Waals surface area contributed by atoms with E-state index < -0.39 is 0 Å². The molecule has 82 valence electrons. The fourth-order valence-corrected chi connectivity index (χ4v) is 1.90. The maximum atomic E-state index is 4.61. The van der Waals surface area contributed by atoms with Crippen LogP contribution in [0.3, 0.4) is 0 Å². The molecule has 1 aromatic rings. The van der Waals surface area contributed by atoms with Crippen LogP contribution in [0.1, 0.15) is 26.2 Å². The molecular weight excluding hydrogens is 186 g/mol. The average Bonchev–Trinajstić information content (AvgIpc) is 2.80. The van der Waals surface area contributed by atoms with Gasteiger partial charge in [-0.15, -0.1) is 0 Å². The second-order valence-electron chi connectivity index (χ2n) is 4.00. The maximum Gasteiger partial charge on any atom is 0.130 e. The van der Waals surface area contributed by atoms with Crippen molar-refractivity contribution in [3.63, 3.8) is 0 Å². The molecule has 1 fully saturated rings. The lowest BCUT2D eigenvalue weighted by Gasteiger charge is -2.17. The van der Waals surface area contributed by atoms with E-state index in [2.05, 4.69) is 34.3 Å². The Bertz CT molecular complexity index is 305. The van der Waals surface area contributed by atoms with Crippen molar-refractivity contribution >= 4 is 11.6 Å². The summed E-state index contributed by atoms with van der Waals surface area (Å²) in [6, 6.07) is 6.22. The first-order valence-corrected chi connectivity index (χ1v) is 5.86. The first kappa shape index (κ1) is 10.3. The molecule has 0 aromatic carbocycles. The summed E-state index contributed by atoms with van der Waals surface area (Å²) in [5.74, 6) is 2.12. The predicted molar refractivity (Wildman–Crippen MR) is 64.5 cm³/mol. The summed E-state index contributed by atoms with van der Waals surface area (Å²) in [5, 5.41) is 3.32. The van der Waals surface area contributed by atoms with Gasteiger partial charge >= 0.3 is 0 Å². The molecule has 15 heavy (non-hydrogen) atoms. The van der Waals surface area contributed by atoms with Crippen LogP contribution in [-0.2, 0) is 0 Å². The van der Waals surface area contributed by atoms with E-state index in [-0.39, 0.29) is 0 Å². The second kappa shape index (κ2) is 5.01. The number of hydrogen-bond acceptors (Lipinski definition) is 3. The summed E-state index contributed by atoms with van der Waals surface area (Å²) in [7, 11) is 0. The normalized spacial score (nSPS) is 15.7. The zero-order valence-corrected chi connectivity index (χ0v) is 9.37. The van der Waals surface area contributed by atoms with Crippen molar-refractivity contribution in [3.8, 4) is 0 Å². The quantitative estimate of drug-likeness (QED) is 0.818.